The first-order valence-corrected chi connectivity index (χ1v) is 7.79. The molecular formula is C16H23N3. The van der Waals surface area contributed by atoms with Crippen molar-refractivity contribution in [3.63, 3.8) is 0 Å². The SMILES string of the molecule is CNCc1ncc(C2C3CC4CC(C3)CC2C4)cn1. The van der Waals surface area contributed by atoms with Crippen molar-refractivity contribution in [3.8, 4) is 0 Å². The van der Waals surface area contributed by atoms with Crippen molar-refractivity contribution < 1.29 is 0 Å². The van der Waals surface area contributed by atoms with Crippen molar-refractivity contribution >= 4 is 0 Å². The molecule has 4 aliphatic carbocycles. The van der Waals surface area contributed by atoms with Gasteiger partial charge in [-0.3, -0.25) is 0 Å². The molecular weight excluding hydrogens is 234 g/mol. The lowest BCUT2D eigenvalue weighted by Crippen LogP contribution is -2.43. The Morgan fingerprint density at radius 3 is 2.11 bits per heavy atom. The van der Waals surface area contributed by atoms with Crippen molar-refractivity contribution in [3.05, 3.63) is 23.8 Å². The molecule has 0 spiro atoms. The van der Waals surface area contributed by atoms with E-state index in [0.717, 1.165) is 42.0 Å². The molecule has 0 atom stereocenters. The van der Waals surface area contributed by atoms with Gasteiger partial charge in [-0.2, -0.15) is 0 Å². The van der Waals surface area contributed by atoms with Gasteiger partial charge in [0.05, 0.1) is 6.54 Å². The smallest absolute Gasteiger partial charge is 0.141 e. The van der Waals surface area contributed by atoms with Gasteiger partial charge in [0.15, 0.2) is 0 Å². The van der Waals surface area contributed by atoms with Gasteiger partial charge in [-0.15, -0.1) is 0 Å². The van der Waals surface area contributed by atoms with Crippen molar-refractivity contribution in [1.82, 2.24) is 15.3 Å². The Kier molecular flexibility index (Phi) is 2.83. The largest absolute Gasteiger partial charge is 0.313 e. The summed E-state index contributed by atoms with van der Waals surface area (Å²) in [6, 6.07) is 0. The fraction of sp³-hybridized carbons (Fsp3) is 0.750. The van der Waals surface area contributed by atoms with Crippen LogP contribution < -0.4 is 5.32 Å². The van der Waals surface area contributed by atoms with Crippen LogP contribution in [-0.4, -0.2) is 17.0 Å². The minimum absolute atomic E-state index is 0.761. The maximum atomic E-state index is 4.53. The number of hydrogen-bond donors (Lipinski definition) is 1. The molecule has 3 nitrogen and oxygen atoms in total. The molecule has 0 amide bonds. The topological polar surface area (TPSA) is 37.8 Å². The molecule has 19 heavy (non-hydrogen) atoms. The number of hydrogen-bond acceptors (Lipinski definition) is 3. The molecule has 1 N–H and O–H groups in total. The van der Waals surface area contributed by atoms with E-state index in [0.29, 0.717) is 0 Å². The average Bonchev–Trinajstić information content (AvgIpc) is 2.40. The third kappa shape index (κ3) is 1.99. The second-order valence-electron chi connectivity index (χ2n) is 6.92. The van der Waals surface area contributed by atoms with E-state index in [1.165, 1.54) is 37.7 Å². The van der Waals surface area contributed by atoms with Crippen molar-refractivity contribution in [2.24, 2.45) is 23.7 Å². The zero-order chi connectivity index (χ0) is 12.8. The summed E-state index contributed by atoms with van der Waals surface area (Å²) in [7, 11) is 1.94. The standard InChI is InChI=1S/C16H23N3/c1-17-9-15-18-7-14(8-19-15)16-12-3-10-2-11(5-12)6-13(16)4-10/h7-8,10-13,16-17H,2-6,9H2,1H3. The monoisotopic (exact) mass is 257 g/mol. The fourth-order valence-electron chi connectivity index (χ4n) is 5.26. The Hall–Kier alpha value is -0.960. The van der Waals surface area contributed by atoms with Gasteiger partial charge in [-0.1, -0.05) is 0 Å². The summed E-state index contributed by atoms with van der Waals surface area (Å²) in [5.41, 5.74) is 1.41. The molecule has 0 aliphatic heterocycles. The van der Waals surface area contributed by atoms with E-state index in [1.54, 1.807) is 0 Å². The Bertz CT molecular complexity index is 426. The Balaban J connectivity index is 1.58. The fourth-order valence-corrected chi connectivity index (χ4v) is 5.26. The van der Waals surface area contributed by atoms with Crippen LogP contribution in [0.2, 0.25) is 0 Å². The first-order chi connectivity index (χ1) is 9.33. The number of nitrogens with one attached hydrogen (secondary N) is 1. The third-order valence-corrected chi connectivity index (χ3v) is 5.67. The van der Waals surface area contributed by atoms with Crippen LogP contribution in [0.4, 0.5) is 0 Å². The Morgan fingerprint density at radius 1 is 1.00 bits per heavy atom. The van der Waals surface area contributed by atoms with Gasteiger partial charge in [0, 0.05) is 12.4 Å². The molecule has 0 radical (unpaired) electrons. The van der Waals surface area contributed by atoms with Gasteiger partial charge in [0.2, 0.25) is 0 Å². The van der Waals surface area contributed by atoms with E-state index in [-0.39, 0.29) is 0 Å². The summed E-state index contributed by atoms with van der Waals surface area (Å²) < 4.78 is 0. The summed E-state index contributed by atoms with van der Waals surface area (Å²) >= 11 is 0. The molecule has 4 fully saturated rings. The normalized spacial score (nSPS) is 39.7. The molecule has 4 saturated carbocycles. The zero-order valence-electron chi connectivity index (χ0n) is 11.7. The second kappa shape index (κ2) is 4.55. The lowest BCUT2D eigenvalue weighted by molar-refractivity contribution is -0.00301. The molecule has 1 aromatic rings. The summed E-state index contributed by atoms with van der Waals surface area (Å²) in [5, 5.41) is 3.11. The molecule has 1 heterocycles. The van der Waals surface area contributed by atoms with E-state index in [9.17, 15) is 0 Å². The van der Waals surface area contributed by atoms with Crippen molar-refractivity contribution in [2.75, 3.05) is 7.05 Å². The first-order valence-electron chi connectivity index (χ1n) is 7.79. The number of nitrogens with zero attached hydrogens (tertiary/aromatic N) is 2. The third-order valence-electron chi connectivity index (χ3n) is 5.67. The molecule has 0 aromatic carbocycles. The van der Waals surface area contributed by atoms with Crippen LogP contribution in [0.1, 0.15) is 49.4 Å². The van der Waals surface area contributed by atoms with Crippen LogP contribution in [0, 0.1) is 23.7 Å². The van der Waals surface area contributed by atoms with E-state index in [4.69, 9.17) is 0 Å². The lowest BCUT2D eigenvalue weighted by atomic mass is 9.51. The minimum atomic E-state index is 0.761. The maximum absolute atomic E-state index is 4.53. The highest BCUT2D eigenvalue weighted by molar-refractivity contribution is 5.19. The predicted octanol–water partition coefficient (Wildman–Crippen LogP) is 2.74. The molecule has 102 valence electrons. The van der Waals surface area contributed by atoms with E-state index in [2.05, 4.69) is 27.7 Å². The van der Waals surface area contributed by atoms with Crippen LogP contribution in [0.25, 0.3) is 0 Å². The highest BCUT2D eigenvalue weighted by Crippen LogP contribution is 2.59. The lowest BCUT2D eigenvalue weighted by Gasteiger charge is -2.54. The van der Waals surface area contributed by atoms with Crippen LogP contribution in [0.5, 0.6) is 0 Å². The summed E-state index contributed by atoms with van der Waals surface area (Å²) in [6.45, 7) is 0.766. The molecule has 0 unspecified atom stereocenters. The van der Waals surface area contributed by atoms with E-state index >= 15 is 0 Å². The summed E-state index contributed by atoms with van der Waals surface area (Å²) in [5.74, 6) is 5.61. The van der Waals surface area contributed by atoms with E-state index < -0.39 is 0 Å². The predicted molar refractivity (Wildman–Crippen MR) is 74.6 cm³/mol. The Morgan fingerprint density at radius 2 is 1.58 bits per heavy atom. The van der Waals surface area contributed by atoms with Crippen molar-refractivity contribution in [2.45, 2.75) is 44.6 Å². The number of aromatic nitrogens is 2. The van der Waals surface area contributed by atoms with Gasteiger partial charge in [-0.25, -0.2) is 9.97 Å². The average molecular weight is 257 g/mol. The van der Waals surface area contributed by atoms with Gasteiger partial charge < -0.3 is 5.32 Å². The molecule has 1 aromatic heterocycles. The van der Waals surface area contributed by atoms with Crippen LogP contribution in [-0.2, 0) is 6.54 Å². The van der Waals surface area contributed by atoms with Gasteiger partial charge in [0.1, 0.15) is 5.82 Å². The highest BCUT2D eigenvalue weighted by Gasteiger charge is 2.48. The van der Waals surface area contributed by atoms with Gasteiger partial charge >= 0.3 is 0 Å². The number of rotatable bonds is 3. The van der Waals surface area contributed by atoms with Gasteiger partial charge in [0.25, 0.3) is 0 Å². The Labute approximate surface area is 115 Å². The van der Waals surface area contributed by atoms with Crippen LogP contribution >= 0.6 is 0 Å². The summed E-state index contributed by atoms with van der Waals surface area (Å²) in [6.07, 6.45) is 11.6. The van der Waals surface area contributed by atoms with Gasteiger partial charge in [-0.05, 0) is 74.3 Å². The minimum Gasteiger partial charge on any atom is -0.313 e. The molecule has 0 saturated heterocycles. The molecule has 4 aliphatic rings. The maximum Gasteiger partial charge on any atom is 0.141 e. The molecule has 4 bridgehead atoms. The quantitative estimate of drug-likeness (QED) is 0.904. The second-order valence-corrected chi connectivity index (χ2v) is 6.92. The van der Waals surface area contributed by atoms with E-state index in [1.807, 2.05) is 7.05 Å². The van der Waals surface area contributed by atoms with Crippen LogP contribution in [0.15, 0.2) is 12.4 Å². The van der Waals surface area contributed by atoms with Crippen LogP contribution in [0.3, 0.4) is 0 Å². The summed E-state index contributed by atoms with van der Waals surface area (Å²) in [4.78, 5) is 9.06. The molecule has 5 rings (SSSR count). The first kappa shape index (κ1) is 11.8. The van der Waals surface area contributed by atoms with Crippen molar-refractivity contribution in [1.29, 1.82) is 0 Å². The highest BCUT2D eigenvalue weighted by atomic mass is 14.9. The zero-order valence-corrected chi connectivity index (χ0v) is 11.7. The molecule has 3 heteroatoms.